The first-order chi connectivity index (χ1) is 14.2. The van der Waals surface area contributed by atoms with Gasteiger partial charge in [0.2, 0.25) is 0 Å². The first kappa shape index (κ1) is 18.6. The molecule has 0 saturated carbocycles. The van der Waals surface area contributed by atoms with Gasteiger partial charge in [-0.05, 0) is 47.8 Å². The van der Waals surface area contributed by atoms with E-state index in [2.05, 4.69) is 10.4 Å². The second kappa shape index (κ2) is 8.53. The highest BCUT2D eigenvalue weighted by atomic mass is 32.1. The first-order valence-corrected chi connectivity index (χ1v) is 9.78. The molecule has 0 unspecified atom stereocenters. The summed E-state index contributed by atoms with van der Waals surface area (Å²) in [5.74, 6) is -0.612. The zero-order chi connectivity index (χ0) is 20.1. The van der Waals surface area contributed by atoms with Crippen LogP contribution in [0.3, 0.4) is 0 Å². The molecule has 0 saturated heterocycles. The largest absolute Gasteiger partial charge is 0.457 e. The fourth-order valence-corrected chi connectivity index (χ4v) is 3.30. The predicted octanol–water partition coefficient (Wildman–Crippen LogP) is 4.54. The van der Waals surface area contributed by atoms with E-state index >= 15 is 0 Å². The molecule has 0 spiro atoms. The Morgan fingerprint density at radius 2 is 1.79 bits per heavy atom. The van der Waals surface area contributed by atoms with Crippen molar-refractivity contribution in [3.05, 3.63) is 101 Å². The number of nitrogens with one attached hydrogen (secondary N) is 1. The summed E-state index contributed by atoms with van der Waals surface area (Å²) in [5.41, 5.74) is 2.76. The minimum atomic E-state index is -0.436. The van der Waals surface area contributed by atoms with Gasteiger partial charge in [0.25, 0.3) is 5.91 Å². The van der Waals surface area contributed by atoms with Crippen LogP contribution in [-0.4, -0.2) is 21.7 Å². The van der Waals surface area contributed by atoms with Crippen molar-refractivity contribution in [2.45, 2.75) is 6.61 Å². The van der Waals surface area contributed by atoms with Crippen LogP contribution in [0.2, 0.25) is 0 Å². The molecule has 6 nitrogen and oxygen atoms in total. The summed E-state index contributed by atoms with van der Waals surface area (Å²) < 4.78 is 7.10. The zero-order valence-electron chi connectivity index (χ0n) is 15.3. The monoisotopic (exact) mass is 403 g/mol. The van der Waals surface area contributed by atoms with Crippen LogP contribution in [0.15, 0.2) is 84.5 Å². The molecule has 144 valence electrons. The van der Waals surface area contributed by atoms with Gasteiger partial charge in [-0.3, -0.25) is 4.79 Å². The van der Waals surface area contributed by atoms with Gasteiger partial charge in [0.15, 0.2) is 0 Å². The lowest BCUT2D eigenvalue weighted by Gasteiger charge is -2.06. The zero-order valence-corrected chi connectivity index (χ0v) is 16.1. The van der Waals surface area contributed by atoms with E-state index in [0.29, 0.717) is 16.1 Å². The lowest BCUT2D eigenvalue weighted by Crippen LogP contribution is -2.10. The lowest BCUT2D eigenvalue weighted by atomic mass is 10.2. The number of esters is 1. The van der Waals surface area contributed by atoms with Crippen LogP contribution < -0.4 is 5.32 Å². The smallest absolute Gasteiger partial charge is 0.338 e. The molecule has 1 N–H and O–H groups in total. The number of nitrogens with zero attached hydrogens (tertiary/aromatic N) is 2. The molecular weight excluding hydrogens is 386 g/mol. The Kier molecular flexibility index (Phi) is 5.49. The van der Waals surface area contributed by atoms with Gasteiger partial charge >= 0.3 is 5.97 Å². The average Bonchev–Trinajstić information content (AvgIpc) is 3.45. The second-order valence-corrected chi connectivity index (χ2v) is 7.16. The predicted molar refractivity (Wildman–Crippen MR) is 111 cm³/mol. The topological polar surface area (TPSA) is 73.2 Å². The summed E-state index contributed by atoms with van der Waals surface area (Å²) in [6.45, 7) is 0.128. The number of amides is 1. The molecule has 0 aliphatic rings. The van der Waals surface area contributed by atoms with E-state index in [1.54, 1.807) is 41.2 Å². The van der Waals surface area contributed by atoms with E-state index in [0.717, 1.165) is 11.3 Å². The molecule has 2 heterocycles. The van der Waals surface area contributed by atoms with Crippen LogP contribution >= 0.6 is 11.3 Å². The van der Waals surface area contributed by atoms with Gasteiger partial charge in [-0.2, -0.15) is 5.10 Å². The number of aromatic nitrogens is 2. The van der Waals surface area contributed by atoms with Crippen molar-refractivity contribution in [1.82, 2.24) is 9.78 Å². The first-order valence-electron chi connectivity index (χ1n) is 8.90. The Morgan fingerprint density at radius 1 is 1.00 bits per heavy atom. The van der Waals surface area contributed by atoms with Crippen molar-refractivity contribution < 1.29 is 14.3 Å². The number of ether oxygens (including phenoxy) is 1. The summed E-state index contributed by atoms with van der Waals surface area (Å²) in [6.07, 6.45) is 3.50. The molecule has 2 aromatic carbocycles. The number of thiophene rings is 1. The third-order valence-corrected chi connectivity index (χ3v) is 5.02. The Hall–Kier alpha value is -3.71. The van der Waals surface area contributed by atoms with E-state index in [9.17, 15) is 9.59 Å². The van der Waals surface area contributed by atoms with Gasteiger partial charge in [-0.1, -0.05) is 24.3 Å². The average molecular weight is 403 g/mol. The number of rotatable bonds is 6. The summed E-state index contributed by atoms with van der Waals surface area (Å²) in [7, 11) is 0. The normalized spacial score (nSPS) is 10.5. The van der Waals surface area contributed by atoms with Gasteiger partial charge < -0.3 is 10.1 Å². The number of anilines is 1. The van der Waals surface area contributed by atoms with Crippen molar-refractivity contribution in [1.29, 1.82) is 0 Å². The SMILES string of the molecule is O=C(OCc1cnn(-c2ccccc2)c1)c1ccc(NC(=O)c2cccs2)cc1. The number of benzene rings is 2. The van der Waals surface area contributed by atoms with Crippen LogP contribution in [-0.2, 0) is 11.3 Å². The van der Waals surface area contributed by atoms with Gasteiger partial charge in [0, 0.05) is 17.4 Å². The molecule has 0 fully saturated rings. The van der Waals surface area contributed by atoms with E-state index in [1.807, 2.05) is 48.0 Å². The Labute approximate surface area is 171 Å². The molecule has 0 aliphatic carbocycles. The van der Waals surface area contributed by atoms with Crippen LogP contribution in [0.5, 0.6) is 0 Å². The number of hydrogen-bond acceptors (Lipinski definition) is 5. The Bertz CT molecular complexity index is 1100. The number of carbonyl (C=O) groups excluding carboxylic acids is 2. The highest BCUT2D eigenvalue weighted by Gasteiger charge is 2.11. The number of para-hydroxylation sites is 1. The molecule has 29 heavy (non-hydrogen) atoms. The lowest BCUT2D eigenvalue weighted by molar-refractivity contribution is 0.0472. The molecule has 0 radical (unpaired) electrons. The molecule has 7 heteroatoms. The van der Waals surface area contributed by atoms with Crippen LogP contribution in [0.4, 0.5) is 5.69 Å². The van der Waals surface area contributed by atoms with Crippen molar-refractivity contribution in [3.63, 3.8) is 0 Å². The fourth-order valence-electron chi connectivity index (χ4n) is 2.68. The molecule has 0 bridgehead atoms. The Balaban J connectivity index is 1.33. The van der Waals surface area contributed by atoms with Crippen LogP contribution in [0.1, 0.15) is 25.6 Å². The summed E-state index contributed by atoms with van der Waals surface area (Å²) >= 11 is 1.37. The van der Waals surface area contributed by atoms with Crippen LogP contribution in [0.25, 0.3) is 5.69 Å². The molecular formula is C22H17N3O3S. The van der Waals surface area contributed by atoms with Crippen LogP contribution in [0, 0.1) is 0 Å². The third-order valence-electron chi connectivity index (χ3n) is 4.15. The summed E-state index contributed by atoms with van der Waals surface area (Å²) in [5, 5.41) is 8.92. The van der Waals surface area contributed by atoms with E-state index < -0.39 is 5.97 Å². The standard InChI is InChI=1S/C22H17N3O3S/c26-21(20-7-4-12-29-20)24-18-10-8-17(9-11-18)22(27)28-15-16-13-23-25(14-16)19-5-2-1-3-6-19/h1-14H,15H2,(H,24,26). The maximum absolute atomic E-state index is 12.3. The second-order valence-electron chi connectivity index (χ2n) is 6.21. The van der Waals surface area contributed by atoms with Gasteiger partial charge in [-0.25, -0.2) is 9.48 Å². The summed E-state index contributed by atoms with van der Waals surface area (Å²) in [4.78, 5) is 25.0. The molecule has 4 rings (SSSR count). The van der Waals surface area contributed by atoms with Crippen molar-refractivity contribution in [2.24, 2.45) is 0 Å². The highest BCUT2D eigenvalue weighted by Crippen LogP contribution is 2.15. The quantitative estimate of drug-likeness (QED) is 0.480. The Morgan fingerprint density at radius 3 is 2.52 bits per heavy atom. The molecule has 0 atom stereocenters. The fraction of sp³-hybridized carbons (Fsp3) is 0.0455. The van der Waals surface area contributed by atoms with E-state index in [4.69, 9.17) is 4.74 Å². The molecule has 0 aliphatic heterocycles. The highest BCUT2D eigenvalue weighted by molar-refractivity contribution is 7.12. The molecule has 2 aromatic heterocycles. The number of hydrogen-bond donors (Lipinski definition) is 1. The molecule has 4 aromatic rings. The van der Waals surface area contributed by atoms with Crippen molar-refractivity contribution in [3.8, 4) is 5.69 Å². The van der Waals surface area contributed by atoms with E-state index in [-0.39, 0.29) is 12.5 Å². The summed E-state index contributed by atoms with van der Waals surface area (Å²) in [6, 6.07) is 19.9. The minimum Gasteiger partial charge on any atom is -0.457 e. The van der Waals surface area contributed by atoms with Gasteiger partial charge in [0.1, 0.15) is 6.61 Å². The maximum Gasteiger partial charge on any atom is 0.338 e. The van der Waals surface area contributed by atoms with Crippen molar-refractivity contribution >= 4 is 28.9 Å². The minimum absolute atomic E-state index is 0.128. The number of carbonyl (C=O) groups is 2. The molecule has 1 amide bonds. The third kappa shape index (κ3) is 4.59. The van der Waals surface area contributed by atoms with Gasteiger partial charge in [0.05, 0.1) is 22.3 Å². The van der Waals surface area contributed by atoms with Gasteiger partial charge in [-0.15, -0.1) is 11.3 Å². The maximum atomic E-state index is 12.3. The van der Waals surface area contributed by atoms with E-state index in [1.165, 1.54) is 11.3 Å². The van der Waals surface area contributed by atoms with Crippen molar-refractivity contribution in [2.75, 3.05) is 5.32 Å².